The molecule has 4 aromatic rings. The Morgan fingerprint density at radius 3 is 2.40 bits per heavy atom. The van der Waals surface area contributed by atoms with Crippen LogP contribution in [0, 0.1) is 6.92 Å². The fourth-order valence-electron chi connectivity index (χ4n) is 3.25. The van der Waals surface area contributed by atoms with E-state index in [1.807, 2.05) is 36.4 Å². The van der Waals surface area contributed by atoms with E-state index >= 15 is 0 Å². The molecule has 0 saturated carbocycles. The van der Waals surface area contributed by atoms with E-state index in [4.69, 9.17) is 39.8 Å². The predicted molar refractivity (Wildman–Crippen MR) is 129 cm³/mol. The van der Waals surface area contributed by atoms with Gasteiger partial charge in [0, 0.05) is 27.5 Å². The molecule has 0 N–H and O–H groups in total. The number of rotatable bonds is 5. The van der Waals surface area contributed by atoms with Gasteiger partial charge in [0.05, 0.1) is 16.4 Å². The Kier molecular flexibility index (Phi) is 6.64. The molecule has 4 rings (SSSR count). The molecule has 152 valence electrons. The van der Waals surface area contributed by atoms with Crippen LogP contribution in [0.5, 0.6) is 0 Å². The van der Waals surface area contributed by atoms with Gasteiger partial charge >= 0.3 is 0 Å². The first kappa shape index (κ1) is 21.2. The second kappa shape index (κ2) is 9.40. The van der Waals surface area contributed by atoms with Gasteiger partial charge in [-0.05, 0) is 66.9 Å². The van der Waals surface area contributed by atoms with Crippen LogP contribution in [0.2, 0.25) is 15.1 Å². The molecular weight excluding hydrogens is 455 g/mol. The highest BCUT2D eigenvalue weighted by Crippen LogP contribution is 2.31. The molecule has 0 aliphatic rings. The summed E-state index contributed by atoms with van der Waals surface area (Å²) in [4.78, 5) is 5.84. The first-order chi connectivity index (χ1) is 14.5. The smallest absolute Gasteiger partial charge is 0.190 e. The minimum Gasteiger partial charge on any atom is -0.316 e. The lowest BCUT2D eigenvalue weighted by atomic mass is 10.1. The van der Waals surface area contributed by atoms with E-state index in [1.54, 1.807) is 17.4 Å². The van der Waals surface area contributed by atoms with Crippen LogP contribution in [0.15, 0.2) is 77.1 Å². The maximum Gasteiger partial charge on any atom is 0.190 e. The summed E-state index contributed by atoms with van der Waals surface area (Å²) in [5, 5.41) is 4.09. The fourth-order valence-corrected chi connectivity index (χ4v) is 4.83. The molecule has 0 aliphatic heterocycles. The fraction of sp³-hybridized carbons (Fsp3) is 0.125. The van der Waals surface area contributed by atoms with Crippen LogP contribution >= 0.6 is 46.1 Å². The second-order valence-corrected chi connectivity index (χ2v) is 9.12. The van der Waals surface area contributed by atoms with Gasteiger partial charge in [-0.15, -0.1) is 11.3 Å². The van der Waals surface area contributed by atoms with Crippen molar-refractivity contribution in [3.8, 4) is 11.3 Å². The molecule has 1 heterocycles. The Hall–Kier alpha value is -2.04. The summed E-state index contributed by atoms with van der Waals surface area (Å²) in [5.41, 5.74) is 5.31. The quantitative estimate of drug-likeness (QED) is 0.280. The summed E-state index contributed by atoms with van der Waals surface area (Å²) in [7, 11) is 0. The Bertz CT molecular complexity index is 1240. The Labute approximate surface area is 195 Å². The standard InChI is InChI=1S/C24H19Cl3N2S/c1-16-3-2-4-20(13-16)28-24-29(12-11-17-5-7-18(25)8-6-17)23(15-30-24)21-10-9-19(26)14-22(21)27/h2-10,13-15H,11-12H2,1H3. The van der Waals surface area contributed by atoms with Crippen LogP contribution in [0.3, 0.4) is 0 Å². The molecule has 3 aromatic carbocycles. The number of aryl methyl sites for hydroxylation is 2. The van der Waals surface area contributed by atoms with Crippen LogP contribution < -0.4 is 4.80 Å². The molecule has 0 aliphatic carbocycles. The van der Waals surface area contributed by atoms with Gasteiger partial charge in [0.2, 0.25) is 0 Å². The van der Waals surface area contributed by atoms with Crippen molar-refractivity contribution in [1.29, 1.82) is 0 Å². The van der Waals surface area contributed by atoms with Crippen molar-refractivity contribution in [3.63, 3.8) is 0 Å². The SMILES string of the molecule is Cc1cccc(N=c2scc(-c3ccc(Cl)cc3Cl)n2CCc2ccc(Cl)cc2)c1. The first-order valence-corrected chi connectivity index (χ1v) is 11.5. The third-order valence-corrected chi connectivity index (χ3v) is 6.43. The van der Waals surface area contributed by atoms with E-state index < -0.39 is 0 Å². The van der Waals surface area contributed by atoms with Gasteiger partial charge in [-0.3, -0.25) is 0 Å². The molecule has 0 bridgehead atoms. The molecule has 0 amide bonds. The van der Waals surface area contributed by atoms with E-state index in [0.717, 1.165) is 39.7 Å². The van der Waals surface area contributed by atoms with Crippen molar-refractivity contribution in [2.45, 2.75) is 19.9 Å². The van der Waals surface area contributed by atoms with Crippen molar-refractivity contribution < 1.29 is 0 Å². The summed E-state index contributed by atoms with van der Waals surface area (Å²) in [6.45, 7) is 2.84. The lowest BCUT2D eigenvalue weighted by molar-refractivity contribution is 0.684. The zero-order chi connectivity index (χ0) is 21.1. The van der Waals surface area contributed by atoms with Crippen molar-refractivity contribution in [3.05, 3.63) is 103 Å². The predicted octanol–water partition coefficient (Wildman–Crippen LogP) is 7.96. The normalized spacial score (nSPS) is 11.8. The van der Waals surface area contributed by atoms with E-state index in [9.17, 15) is 0 Å². The number of hydrogen-bond acceptors (Lipinski definition) is 2. The van der Waals surface area contributed by atoms with Crippen molar-refractivity contribution >= 4 is 51.8 Å². The van der Waals surface area contributed by atoms with Crippen LogP contribution in [-0.2, 0) is 13.0 Å². The van der Waals surface area contributed by atoms with E-state index in [-0.39, 0.29) is 0 Å². The largest absolute Gasteiger partial charge is 0.316 e. The Morgan fingerprint density at radius 1 is 0.900 bits per heavy atom. The zero-order valence-corrected chi connectivity index (χ0v) is 19.4. The van der Waals surface area contributed by atoms with Gasteiger partial charge in [-0.2, -0.15) is 0 Å². The van der Waals surface area contributed by atoms with Crippen LogP contribution in [0.25, 0.3) is 11.3 Å². The highest BCUT2D eigenvalue weighted by atomic mass is 35.5. The molecule has 0 fully saturated rings. The number of benzene rings is 3. The van der Waals surface area contributed by atoms with Gasteiger partial charge in [0.1, 0.15) is 0 Å². The topological polar surface area (TPSA) is 17.3 Å². The Morgan fingerprint density at radius 2 is 1.67 bits per heavy atom. The van der Waals surface area contributed by atoms with Gasteiger partial charge in [0.15, 0.2) is 4.80 Å². The minimum atomic E-state index is 0.622. The lowest BCUT2D eigenvalue weighted by Gasteiger charge is -2.11. The van der Waals surface area contributed by atoms with E-state index in [1.165, 1.54) is 11.1 Å². The third-order valence-electron chi connectivity index (χ3n) is 4.77. The first-order valence-electron chi connectivity index (χ1n) is 9.49. The van der Waals surface area contributed by atoms with Gasteiger partial charge in [-0.25, -0.2) is 4.99 Å². The van der Waals surface area contributed by atoms with Crippen molar-refractivity contribution in [2.75, 3.05) is 0 Å². The van der Waals surface area contributed by atoms with Crippen LogP contribution in [0.4, 0.5) is 5.69 Å². The zero-order valence-electron chi connectivity index (χ0n) is 16.3. The molecule has 1 aromatic heterocycles. The molecule has 0 spiro atoms. The molecular formula is C24H19Cl3N2S. The molecule has 0 saturated heterocycles. The van der Waals surface area contributed by atoms with E-state index in [0.29, 0.717) is 10.0 Å². The van der Waals surface area contributed by atoms with Gasteiger partial charge in [0.25, 0.3) is 0 Å². The van der Waals surface area contributed by atoms with E-state index in [2.05, 4.69) is 41.1 Å². The molecule has 2 nitrogen and oxygen atoms in total. The summed E-state index contributed by atoms with van der Waals surface area (Å²) in [6.07, 6.45) is 0.854. The number of aromatic nitrogens is 1. The molecule has 0 radical (unpaired) electrons. The van der Waals surface area contributed by atoms with Crippen LogP contribution in [-0.4, -0.2) is 4.57 Å². The summed E-state index contributed by atoms with van der Waals surface area (Å²) in [6, 6.07) is 21.7. The maximum absolute atomic E-state index is 6.52. The second-order valence-electron chi connectivity index (χ2n) is 7.01. The molecule has 30 heavy (non-hydrogen) atoms. The number of thiazole rings is 1. The monoisotopic (exact) mass is 472 g/mol. The average Bonchev–Trinajstić information content (AvgIpc) is 3.10. The molecule has 6 heteroatoms. The number of nitrogens with zero attached hydrogens (tertiary/aromatic N) is 2. The summed E-state index contributed by atoms with van der Waals surface area (Å²) < 4.78 is 2.22. The summed E-state index contributed by atoms with van der Waals surface area (Å²) >= 11 is 20.3. The number of halogens is 3. The Balaban J connectivity index is 1.78. The van der Waals surface area contributed by atoms with Crippen LogP contribution in [0.1, 0.15) is 11.1 Å². The minimum absolute atomic E-state index is 0.622. The third kappa shape index (κ3) is 4.98. The number of hydrogen-bond donors (Lipinski definition) is 0. The van der Waals surface area contributed by atoms with Crippen molar-refractivity contribution in [2.24, 2.45) is 4.99 Å². The highest BCUT2D eigenvalue weighted by Gasteiger charge is 2.12. The molecule has 0 atom stereocenters. The van der Waals surface area contributed by atoms with Crippen molar-refractivity contribution in [1.82, 2.24) is 4.57 Å². The van der Waals surface area contributed by atoms with Gasteiger partial charge in [-0.1, -0.05) is 59.1 Å². The summed E-state index contributed by atoms with van der Waals surface area (Å²) in [5.74, 6) is 0. The van der Waals surface area contributed by atoms with Gasteiger partial charge < -0.3 is 4.57 Å². The lowest BCUT2D eigenvalue weighted by Crippen LogP contribution is -2.17. The molecule has 0 unspecified atom stereocenters. The average molecular weight is 474 g/mol. The maximum atomic E-state index is 6.52. The highest BCUT2D eigenvalue weighted by molar-refractivity contribution is 7.07.